The molecule has 0 atom stereocenters. The minimum absolute atomic E-state index is 0.153. The summed E-state index contributed by atoms with van der Waals surface area (Å²) in [6.45, 7) is 1.48. The van der Waals surface area contributed by atoms with Crippen LogP contribution in [0.2, 0.25) is 0 Å². The summed E-state index contributed by atoms with van der Waals surface area (Å²) in [5, 5.41) is 12.9. The minimum atomic E-state index is -2.67. The summed E-state index contributed by atoms with van der Waals surface area (Å²) in [5.74, 6) is 0. The Morgan fingerprint density at radius 2 is 1.94 bits per heavy atom. The fourth-order valence-corrected chi connectivity index (χ4v) is 1.64. The number of rotatable bonds is 3. The highest BCUT2D eigenvalue weighted by molar-refractivity contribution is 5.37. The number of aliphatic hydroxyl groups is 1. The number of halogens is 2. The lowest BCUT2D eigenvalue weighted by atomic mass is 10.2. The molecule has 2 aromatic rings. The van der Waals surface area contributed by atoms with Crippen LogP contribution in [0.3, 0.4) is 0 Å². The molecule has 1 N–H and O–H groups in total. The molecule has 1 aromatic carbocycles. The van der Waals surface area contributed by atoms with Crippen LogP contribution in [0.5, 0.6) is 0 Å². The summed E-state index contributed by atoms with van der Waals surface area (Å²) >= 11 is 0. The van der Waals surface area contributed by atoms with Crippen molar-refractivity contribution in [1.29, 1.82) is 0 Å². The second-order valence-electron chi connectivity index (χ2n) is 3.76. The highest BCUT2D eigenvalue weighted by Gasteiger charge is 2.20. The first kappa shape index (κ1) is 11.7. The second kappa shape index (κ2) is 4.63. The van der Waals surface area contributed by atoms with E-state index < -0.39 is 13.0 Å². The standard InChI is InChI=1S/C12H12F2N2O/c1-8-2-4-10(5-3-8)16-11(12(13)14)9(7-17)6-15-16/h2-6,12,17H,7H2,1H3. The molecule has 0 fully saturated rings. The summed E-state index contributed by atoms with van der Waals surface area (Å²) in [6.07, 6.45) is -1.40. The fourth-order valence-electron chi connectivity index (χ4n) is 1.64. The van der Waals surface area contributed by atoms with Gasteiger partial charge in [0.1, 0.15) is 5.69 Å². The van der Waals surface area contributed by atoms with Crippen molar-refractivity contribution in [2.24, 2.45) is 0 Å². The topological polar surface area (TPSA) is 38.0 Å². The Morgan fingerprint density at radius 3 is 2.47 bits per heavy atom. The molecule has 0 amide bonds. The Labute approximate surface area is 97.3 Å². The van der Waals surface area contributed by atoms with Crippen molar-refractivity contribution in [3.05, 3.63) is 47.3 Å². The third-order valence-corrected chi connectivity index (χ3v) is 2.54. The van der Waals surface area contributed by atoms with E-state index in [0.717, 1.165) is 10.2 Å². The predicted octanol–water partition coefficient (Wildman–Crippen LogP) is 2.61. The monoisotopic (exact) mass is 238 g/mol. The van der Waals surface area contributed by atoms with Crippen LogP contribution in [-0.2, 0) is 6.61 Å². The van der Waals surface area contributed by atoms with Gasteiger partial charge in [0.15, 0.2) is 0 Å². The van der Waals surface area contributed by atoms with Gasteiger partial charge in [0.05, 0.1) is 18.5 Å². The number of aryl methyl sites for hydroxylation is 1. The number of alkyl halides is 2. The van der Waals surface area contributed by atoms with E-state index in [0.29, 0.717) is 5.69 Å². The maximum atomic E-state index is 12.9. The van der Waals surface area contributed by atoms with Crippen molar-refractivity contribution >= 4 is 0 Å². The zero-order chi connectivity index (χ0) is 12.4. The van der Waals surface area contributed by atoms with Crippen LogP contribution >= 0.6 is 0 Å². The molecule has 0 aliphatic carbocycles. The molecule has 0 unspecified atom stereocenters. The zero-order valence-electron chi connectivity index (χ0n) is 9.27. The van der Waals surface area contributed by atoms with E-state index in [9.17, 15) is 8.78 Å². The third kappa shape index (κ3) is 2.19. The number of benzene rings is 1. The van der Waals surface area contributed by atoms with Gasteiger partial charge >= 0.3 is 0 Å². The summed E-state index contributed by atoms with van der Waals surface area (Å²) in [6, 6.07) is 7.08. The lowest BCUT2D eigenvalue weighted by molar-refractivity contribution is 0.138. The Morgan fingerprint density at radius 1 is 1.29 bits per heavy atom. The van der Waals surface area contributed by atoms with Crippen molar-refractivity contribution in [1.82, 2.24) is 9.78 Å². The van der Waals surface area contributed by atoms with E-state index in [1.54, 1.807) is 12.1 Å². The Bertz CT molecular complexity index is 506. The van der Waals surface area contributed by atoms with E-state index in [1.807, 2.05) is 19.1 Å². The maximum absolute atomic E-state index is 12.9. The summed E-state index contributed by atoms with van der Waals surface area (Å²) in [5.41, 5.74) is 1.50. The molecule has 1 heterocycles. The number of aromatic nitrogens is 2. The number of nitrogens with zero attached hydrogens (tertiary/aromatic N) is 2. The molecule has 1 aromatic heterocycles. The van der Waals surface area contributed by atoms with Gasteiger partial charge in [-0.3, -0.25) is 0 Å². The van der Waals surface area contributed by atoms with Crippen LogP contribution in [0, 0.1) is 6.92 Å². The Kier molecular flexibility index (Phi) is 3.19. The van der Waals surface area contributed by atoms with Gasteiger partial charge in [-0.15, -0.1) is 0 Å². The average molecular weight is 238 g/mol. The molecule has 0 aliphatic rings. The molecule has 0 saturated heterocycles. The van der Waals surface area contributed by atoms with Crippen molar-refractivity contribution in [2.75, 3.05) is 0 Å². The van der Waals surface area contributed by atoms with Gasteiger partial charge < -0.3 is 5.11 Å². The van der Waals surface area contributed by atoms with Crippen LogP contribution in [0.15, 0.2) is 30.5 Å². The van der Waals surface area contributed by atoms with E-state index in [4.69, 9.17) is 5.11 Å². The fraction of sp³-hybridized carbons (Fsp3) is 0.250. The molecule has 3 nitrogen and oxygen atoms in total. The molecule has 0 radical (unpaired) electrons. The molecular formula is C12H12F2N2O. The Hall–Kier alpha value is -1.75. The second-order valence-corrected chi connectivity index (χ2v) is 3.76. The number of hydrogen-bond donors (Lipinski definition) is 1. The third-order valence-electron chi connectivity index (χ3n) is 2.54. The Balaban J connectivity index is 2.51. The van der Waals surface area contributed by atoms with Crippen LogP contribution in [0.1, 0.15) is 23.2 Å². The molecule has 17 heavy (non-hydrogen) atoms. The van der Waals surface area contributed by atoms with Crippen molar-refractivity contribution in [3.63, 3.8) is 0 Å². The molecule has 5 heteroatoms. The number of hydrogen-bond acceptors (Lipinski definition) is 2. The first-order valence-electron chi connectivity index (χ1n) is 5.16. The largest absolute Gasteiger partial charge is 0.392 e. The molecule has 90 valence electrons. The molecule has 0 spiro atoms. The van der Waals surface area contributed by atoms with Gasteiger partial charge in [0.25, 0.3) is 6.43 Å². The SMILES string of the molecule is Cc1ccc(-n2ncc(CO)c2C(F)F)cc1. The van der Waals surface area contributed by atoms with Gasteiger partial charge in [-0.05, 0) is 19.1 Å². The highest BCUT2D eigenvalue weighted by Crippen LogP contribution is 2.25. The van der Waals surface area contributed by atoms with E-state index in [1.165, 1.54) is 6.20 Å². The van der Waals surface area contributed by atoms with E-state index in [2.05, 4.69) is 5.10 Å². The van der Waals surface area contributed by atoms with Crippen molar-refractivity contribution in [3.8, 4) is 5.69 Å². The van der Waals surface area contributed by atoms with Gasteiger partial charge in [0.2, 0.25) is 0 Å². The van der Waals surface area contributed by atoms with Crippen LogP contribution in [-0.4, -0.2) is 14.9 Å². The molecule has 0 aliphatic heterocycles. The lowest BCUT2D eigenvalue weighted by Crippen LogP contribution is -2.04. The van der Waals surface area contributed by atoms with Gasteiger partial charge in [-0.1, -0.05) is 17.7 Å². The van der Waals surface area contributed by atoms with E-state index >= 15 is 0 Å². The first-order chi connectivity index (χ1) is 8.13. The summed E-state index contributed by atoms with van der Waals surface area (Å²) in [7, 11) is 0. The molecular weight excluding hydrogens is 226 g/mol. The van der Waals surface area contributed by atoms with Crippen LogP contribution < -0.4 is 0 Å². The van der Waals surface area contributed by atoms with Gasteiger partial charge in [-0.2, -0.15) is 5.10 Å². The quantitative estimate of drug-likeness (QED) is 0.892. The molecule has 2 rings (SSSR count). The maximum Gasteiger partial charge on any atom is 0.280 e. The molecule has 0 bridgehead atoms. The van der Waals surface area contributed by atoms with Crippen molar-refractivity contribution < 1.29 is 13.9 Å². The van der Waals surface area contributed by atoms with Crippen LogP contribution in [0.4, 0.5) is 8.78 Å². The lowest BCUT2D eigenvalue weighted by Gasteiger charge is -2.08. The normalized spacial score (nSPS) is 11.1. The van der Waals surface area contributed by atoms with Gasteiger partial charge in [0, 0.05) is 5.56 Å². The van der Waals surface area contributed by atoms with E-state index in [-0.39, 0.29) is 11.3 Å². The average Bonchev–Trinajstić information content (AvgIpc) is 2.73. The smallest absolute Gasteiger partial charge is 0.280 e. The van der Waals surface area contributed by atoms with Crippen LogP contribution in [0.25, 0.3) is 5.69 Å². The zero-order valence-corrected chi connectivity index (χ0v) is 9.27. The summed E-state index contributed by atoms with van der Waals surface area (Å²) in [4.78, 5) is 0. The molecule has 0 saturated carbocycles. The van der Waals surface area contributed by atoms with Crippen molar-refractivity contribution in [2.45, 2.75) is 20.0 Å². The number of aliphatic hydroxyl groups excluding tert-OH is 1. The summed E-state index contributed by atoms with van der Waals surface area (Å²) < 4.78 is 27.0. The highest BCUT2D eigenvalue weighted by atomic mass is 19.3. The predicted molar refractivity (Wildman–Crippen MR) is 59.2 cm³/mol. The minimum Gasteiger partial charge on any atom is -0.392 e. The first-order valence-corrected chi connectivity index (χ1v) is 5.16. The van der Waals surface area contributed by atoms with Gasteiger partial charge in [-0.25, -0.2) is 13.5 Å².